The van der Waals surface area contributed by atoms with Crippen molar-refractivity contribution in [2.24, 2.45) is 5.92 Å². The van der Waals surface area contributed by atoms with Crippen molar-refractivity contribution >= 4 is 11.8 Å². The van der Waals surface area contributed by atoms with Gasteiger partial charge in [-0.1, -0.05) is 6.58 Å². The van der Waals surface area contributed by atoms with Crippen molar-refractivity contribution in [2.45, 2.75) is 31.6 Å². The largest absolute Gasteiger partial charge is 0.342 e. The van der Waals surface area contributed by atoms with Crippen molar-refractivity contribution in [2.75, 3.05) is 26.2 Å². The van der Waals surface area contributed by atoms with Crippen LogP contribution in [-0.2, 0) is 9.59 Å². The van der Waals surface area contributed by atoms with Crippen LogP contribution < -0.4 is 0 Å². The van der Waals surface area contributed by atoms with Crippen LogP contribution in [0.4, 0.5) is 8.78 Å². The van der Waals surface area contributed by atoms with Gasteiger partial charge in [0.15, 0.2) is 0 Å². The lowest BCUT2D eigenvalue weighted by Gasteiger charge is -2.37. The average Bonchev–Trinajstić information content (AvgIpc) is 2.66. The summed E-state index contributed by atoms with van der Waals surface area (Å²) in [4.78, 5) is 28.1. The molecule has 0 saturated carbocycles. The Kier molecular flexibility index (Phi) is 5.69. The van der Waals surface area contributed by atoms with Gasteiger partial charge in [-0.2, -0.15) is 0 Å². The Balaban J connectivity index is 1.58. The molecule has 1 aromatic carbocycles. The second-order valence-corrected chi connectivity index (χ2v) is 7.13. The van der Waals surface area contributed by atoms with Crippen LogP contribution in [0.5, 0.6) is 0 Å². The summed E-state index contributed by atoms with van der Waals surface area (Å²) in [7, 11) is 0. The third-order valence-corrected chi connectivity index (χ3v) is 5.42. The molecule has 0 bridgehead atoms. The smallest absolute Gasteiger partial charge is 0.245 e. The molecule has 6 heteroatoms. The van der Waals surface area contributed by atoms with Gasteiger partial charge in [-0.15, -0.1) is 0 Å². The van der Waals surface area contributed by atoms with E-state index in [0.717, 1.165) is 18.9 Å². The molecule has 140 valence electrons. The number of carbonyl (C=O) groups excluding carboxylic acids is 2. The molecule has 2 saturated heterocycles. The monoisotopic (exact) mass is 362 g/mol. The summed E-state index contributed by atoms with van der Waals surface area (Å²) >= 11 is 0. The summed E-state index contributed by atoms with van der Waals surface area (Å²) < 4.78 is 26.8. The summed E-state index contributed by atoms with van der Waals surface area (Å²) in [5.74, 6) is -1.28. The molecule has 3 rings (SSSR count). The van der Waals surface area contributed by atoms with E-state index in [4.69, 9.17) is 0 Å². The Morgan fingerprint density at radius 2 is 1.65 bits per heavy atom. The zero-order valence-electron chi connectivity index (χ0n) is 14.8. The molecule has 2 fully saturated rings. The van der Waals surface area contributed by atoms with Gasteiger partial charge in [0.05, 0.1) is 5.92 Å². The number of amides is 2. The molecule has 2 heterocycles. The third kappa shape index (κ3) is 4.11. The van der Waals surface area contributed by atoms with E-state index in [2.05, 4.69) is 6.58 Å². The second-order valence-electron chi connectivity index (χ2n) is 7.13. The third-order valence-electron chi connectivity index (χ3n) is 5.42. The van der Waals surface area contributed by atoms with Crippen LogP contribution in [0.3, 0.4) is 0 Å². The SMILES string of the molecule is C=CC(=O)N1CCCC(C(=O)N2CCC(c3cc(F)cc(F)c3)CC2)C1. The predicted octanol–water partition coefficient (Wildman–Crippen LogP) is 3.10. The molecule has 0 spiro atoms. The molecular weight excluding hydrogens is 338 g/mol. The maximum Gasteiger partial charge on any atom is 0.245 e. The fourth-order valence-electron chi connectivity index (χ4n) is 4.01. The fraction of sp³-hybridized carbons (Fsp3) is 0.500. The first kappa shape index (κ1) is 18.5. The van der Waals surface area contributed by atoms with E-state index in [0.29, 0.717) is 44.6 Å². The van der Waals surface area contributed by atoms with Gasteiger partial charge in [0.2, 0.25) is 11.8 Å². The second kappa shape index (κ2) is 7.98. The van der Waals surface area contributed by atoms with Crippen LogP contribution in [0.15, 0.2) is 30.9 Å². The minimum Gasteiger partial charge on any atom is -0.342 e. The minimum absolute atomic E-state index is 0.0643. The average molecular weight is 362 g/mol. The van der Waals surface area contributed by atoms with Crippen LogP contribution in [0.25, 0.3) is 0 Å². The summed E-state index contributed by atoms with van der Waals surface area (Å²) in [6, 6.07) is 3.64. The first-order valence-electron chi connectivity index (χ1n) is 9.14. The standard InChI is InChI=1S/C20H24F2N2O2/c1-2-19(25)24-7-3-4-15(13-24)20(26)23-8-5-14(6-9-23)16-10-17(21)12-18(22)11-16/h2,10-12,14-15H,1,3-9,13H2. The number of nitrogens with zero attached hydrogens (tertiary/aromatic N) is 2. The van der Waals surface area contributed by atoms with Gasteiger partial charge in [0, 0.05) is 32.2 Å². The number of piperidine rings is 2. The molecule has 1 atom stereocenters. The number of hydrogen-bond acceptors (Lipinski definition) is 2. The Morgan fingerprint density at radius 1 is 1.00 bits per heavy atom. The van der Waals surface area contributed by atoms with E-state index in [9.17, 15) is 18.4 Å². The van der Waals surface area contributed by atoms with Gasteiger partial charge in [0.1, 0.15) is 11.6 Å². The molecule has 0 radical (unpaired) electrons. The van der Waals surface area contributed by atoms with Crippen molar-refractivity contribution in [3.05, 3.63) is 48.1 Å². The van der Waals surface area contributed by atoms with Crippen molar-refractivity contribution in [1.29, 1.82) is 0 Å². The number of benzene rings is 1. The highest BCUT2D eigenvalue weighted by Gasteiger charge is 2.32. The Morgan fingerprint density at radius 3 is 2.27 bits per heavy atom. The fourth-order valence-corrected chi connectivity index (χ4v) is 4.01. The molecular formula is C20H24F2N2O2. The topological polar surface area (TPSA) is 40.6 Å². The Bertz CT molecular complexity index is 679. The molecule has 26 heavy (non-hydrogen) atoms. The molecule has 0 N–H and O–H groups in total. The first-order chi connectivity index (χ1) is 12.5. The van der Waals surface area contributed by atoms with Gasteiger partial charge in [-0.25, -0.2) is 8.78 Å². The van der Waals surface area contributed by atoms with E-state index in [1.54, 1.807) is 4.90 Å². The zero-order chi connectivity index (χ0) is 18.7. The molecule has 1 aromatic rings. The van der Waals surface area contributed by atoms with Crippen LogP contribution >= 0.6 is 0 Å². The van der Waals surface area contributed by atoms with Gasteiger partial charge in [-0.05, 0) is 55.4 Å². The van der Waals surface area contributed by atoms with Crippen molar-refractivity contribution in [3.63, 3.8) is 0 Å². The Labute approximate surface area is 152 Å². The Hall–Kier alpha value is -2.24. The van der Waals surface area contributed by atoms with Crippen molar-refractivity contribution < 1.29 is 18.4 Å². The number of halogens is 2. The zero-order valence-corrected chi connectivity index (χ0v) is 14.8. The van der Waals surface area contributed by atoms with Crippen LogP contribution in [0.2, 0.25) is 0 Å². The summed E-state index contributed by atoms with van der Waals surface area (Å²) in [6.07, 6.45) is 4.27. The maximum absolute atomic E-state index is 13.4. The number of rotatable bonds is 3. The molecule has 2 aliphatic rings. The number of hydrogen-bond donors (Lipinski definition) is 0. The highest BCUT2D eigenvalue weighted by atomic mass is 19.1. The van der Waals surface area contributed by atoms with Crippen molar-refractivity contribution in [3.8, 4) is 0 Å². The maximum atomic E-state index is 13.4. The van der Waals surface area contributed by atoms with E-state index in [1.807, 2.05) is 4.90 Å². The number of likely N-dealkylation sites (tertiary alicyclic amines) is 2. The van der Waals surface area contributed by atoms with Crippen LogP contribution in [0.1, 0.15) is 37.2 Å². The lowest BCUT2D eigenvalue weighted by molar-refractivity contribution is -0.140. The summed E-state index contributed by atoms with van der Waals surface area (Å²) in [5, 5.41) is 0. The van der Waals surface area contributed by atoms with Crippen LogP contribution in [-0.4, -0.2) is 47.8 Å². The summed E-state index contributed by atoms with van der Waals surface area (Å²) in [5.41, 5.74) is 0.662. The van der Waals surface area contributed by atoms with Gasteiger partial charge < -0.3 is 9.80 Å². The van der Waals surface area contributed by atoms with Crippen LogP contribution in [0, 0.1) is 17.6 Å². The van der Waals surface area contributed by atoms with Gasteiger partial charge in [-0.3, -0.25) is 9.59 Å². The minimum atomic E-state index is -0.562. The van der Waals surface area contributed by atoms with Gasteiger partial charge >= 0.3 is 0 Å². The van der Waals surface area contributed by atoms with E-state index in [1.165, 1.54) is 18.2 Å². The molecule has 4 nitrogen and oxygen atoms in total. The molecule has 0 aliphatic carbocycles. The highest BCUT2D eigenvalue weighted by Crippen LogP contribution is 2.30. The van der Waals surface area contributed by atoms with Crippen molar-refractivity contribution in [1.82, 2.24) is 9.80 Å². The predicted molar refractivity (Wildman–Crippen MR) is 94.4 cm³/mol. The first-order valence-corrected chi connectivity index (χ1v) is 9.14. The summed E-state index contributed by atoms with van der Waals surface area (Å²) in [6.45, 7) is 5.77. The molecule has 2 amide bonds. The molecule has 2 aliphatic heterocycles. The molecule has 0 aromatic heterocycles. The van der Waals surface area contributed by atoms with Gasteiger partial charge in [0.25, 0.3) is 0 Å². The number of carbonyl (C=O) groups is 2. The highest BCUT2D eigenvalue weighted by molar-refractivity contribution is 5.88. The van der Waals surface area contributed by atoms with E-state index < -0.39 is 11.6 Å². The molecule has 1 unspecified atom stereocenters. The van der Waals surface area contributed by atoms with E-state index >= 15 is 0 Å². The normalized spacial score (nSPS) is 21.5. The lowest BCUT2D eigenvalue weighted by atomic mass is 9.88. The van der Waals surface area contributed by atoms with E-state index in [-0.39, 0.29) is 23.7 Å². The lowest BCUT2D eigenvalue weighted by Crippen LogP contribution is -2.48. The quantitative estimate of drug-likeness (QED) is 0.776.